The van der Waals surface area contributed by atoms with Gasteiger partial charge in [0, 0.05) is 6.92 Å². The summed E-state index contributed by atoms with van der Waals surface area (Å²) in [6.07, 6.45) is 6.40. The molecule has 1 saturated carbocycles. The summed E-state index contributed by atoms with van der Waals surface area (Å²) < 4.78 is 17.8. The van der Waals surface area contributed by atoms with Crippen LogP contribution in [0.4, 0.5) is 0 Å². The van der Waals surface area contributed by atoms with Gasteiger partial charge in [0.2, 0.25) is 6.29 Å². The Kier molecular flexibility index (Phi) is 4.39. The van der Waals surface area contributed by atoms with Gasteiger partial charge in [-0.1, -0.05) is 20.8 Å². The van der Waals surface area contributed by atoms with Gasteiger partial charge in [0.15, 0.2) is 8.32 Å². The molecule has 2 rings (SSSR count). The van der Waals surface area contributed by atoms with Crippen molar-refractivity contribution in [2.75, 3.05) is 0 Å². The highest BCUT2D eigenvalue weighted by atomic mass is 28.4. The Hall–Kier alpha value is -0.653. The van der Waals surface area contributed by atoms with E-state index in [0.717, 1.165) is 19.3 Å². The molecule has 1 aliphatic heterocycles. The summed E-state index contributed by atoms with van der Waals surface area (Å²) in [6, 6.07) is 0. The first-order valence-electron chi connectivity index (χ1n) is 7.78. The van der Waals surface area contributed by atoms with E-state index in [-0.39, 0.29) is 17.1 Å². The standard InChI is InChI=1S/C16H28O4Si/c1-12(17)18-14-9-11-16(19-14)10-7-8-13(16)20-21(5,6)15(2,3)4/h9,11,13-14H,7-8,10H2,1-6H3/t13-,14-,16+/m1/s1. The predicted octanol–water partition coefficient (Wildman–Crippen LogP) is 3.78. The average Bonchev–Trinajstić information content (AvgIpc) is 2.86. The second kappa shape index (κ2) is 5.52. The van der Waals surface area contributed by atoms with E-state index < -0.39 is 20.2 Å². The minimum Gasteiger partial charge on any atom is -0.432 e. The lowest BCUT2D eigenvalue weighted by atomic mass is 10.0. The molecule has 0 N–H and O–H groups in total. The fourth-order valence-corrected chi connectivity index (χ4v) is 4.13. The van der Waals surface area contributed by atoms with Crippen LogP contribution in [0.3, 0.4) is 0 Å². The number of rotatable bonds is 3. The lowest BCUT2D eigenvalue weighted by molar-refractivity contribution is -0.188. The van der Waals surface area contributed by atoms with E-state index in [1.165, 1.54) is 6.92 Å². The van der Waals surface area contributed by atoms with E-state index in [1.54, 1.807) is 0 Å². The van der Waals surface area contributed by atoms with Crippen LogP contribution in [0.1, 0.15) is 47.0 Å². The minimum atomic E-state index is -1.84. The summed E-state index contributed by atoms with van der Waals surface area (Å²) in [4.78, 5) is 11.1. The van der Waals surface area contributed by atoms with Gasteiger partial charge < -0.3 is 13.9 Å². The smallest absolute Gasteiger partial charge is 0.305 e. The van der Waals surface area contributed by atoms with Gasteiger partial charge in [0.25, 0.3) is 0 Å². The van der Waals surface area contributed by atoms with Crippen molar-refractivity contribution in [1.29, 1.82) is 0 Å². The maximum atomic E-state index is 11.1. The van der Waals surface area contributed by atoms with E-state index >= 15 is 0 Å². The van der Waals surface area contributed by atoms with Crippen molar-refractivity contribution in [1.82, 2.24) is 0 Å². The molecule has 0 radical (unpaired) electrons. The quantitative estimate of drug-likeness (QED) is 0.452. The van der Waals surface area contributed by atoms with Gasteiger partial charge in [0.1, 0.15) is 5.60 Å². The predicted molar refractivity (Wildman–Crippen MR) is 84.4 cm³/mol. The summed E-state index contributed by atoms with van der Waals surface area (Å²) in [7, 11) is -1.84. The van der Waals surface area contributed by atoms with Crippen LogP contribution >= 0.6 is 0 Å². The highest BCUT2D eigenvalue weighted by molar-refractivity contribution is 6.74. The first-order chi connectivity index (χ1) is 9.56. The molecule has 1 aliphatic carbocycles. The molecule has 0 amide bonds. The van der Waals surface area contributed by atoms with Crippen LogP contribution in [0.2, 0.25) is 18.1 Å². The molecular formula is C16H28O4Si. The summed E-state index contributed by atoms with van der Waals surface area (Å²) >= 11 is 0. The number of carbonyl (C=O) groups is 1. The Bertz CT molecular complexity index is 438. The van der Waals surface area contributed by atoms with Gasteiger partial charge in [-0.05, 0) is 49.5 Å². The fraction of sp³-hybridized carbons (Fsp3) is 0.812. The molecule has 1 fully saturated rings. The van der Waals surface area contributed by atoms with Crippen LogP contribution < -0.4 is 0 Å². The van der Waals surface area contributed by atoms with E-state index in [1.807, 2.05) is 12.2 Å². The molecule has 1 heterocycles. The van der Waals surface area contributed by atoms with Crippen LogP contribution in [0.25, 0.3) is 0 Å². The van der Waals surface area contributed by atoms with Gasteiger partial charge in [-0.2, -0.15) is 0 Å². The van der Waals surface area contributed by atoms with E-state index in [9.17, 15) is 4.79 Å². The first-order valence-corrected chi connectivity index (χ1v) is 10.7. The molecule has 1 spiro atoms. The Morgan fingerprint density at radius 2 is 2.05 bits per heavy atom. The molecule has 0 aromatic heterocycles. The van der Waals surface area contributed by atoms with Gasteiger partial charge in [-0.15, -0.1) is 0 Å². The summed E-state index contributed by atoms with van der Waals surface area (Å²) in [5.41, 5.74) is -0.407. The Balaban J connectivity index is 2.08. The third-order valence-electron chi connectivity index (χ3n) is 4.98. The van der Waals surface area contributed by atoms with Crippen LogP contribution in [0.5, 0.6) is 0 Å². The van der Waals surface area contributed by atoms with Crippen molar-refractivity contribution in [3.05, 3.63) is 12.2 Å². The van der Waals surface area contributed by atoms with Crippen LogP contribution in [-0.2, 0) is 18.7 Å². The van der Waals surface area contributed by atoms with Gasteiger partial charge >= 0.3 is 5.97 Å². The fourth-order valence-electron chi connectivity index (χ4n) is 2.75. The maximum absolute atomic E-state index is 11.1. The maximum Gasteiger partial charge on any atom is 0.305 e. The minimum absolute atomic E-state index is 0.0650. The summed E-state index contributed by atoms with van der Waals surface area (Å²) in [6.45, 7) is 12.7. The molecule has 0 aromatic carbocycles. The summed E-state index contributed by atoms with van der Waals surface area (Å²) in [5, 5.41) is 0.175. The number of carbonyl (C=O) groups excluding carboxylic acids is 1. The monoisotopic (exact) mass is 312 g/mol. The number of hydrogen-bond acceptors (Lipinski definition) is 4. The van der Waals surface area contributed by atoms with E-state index in [2.05, 4.69) is 33.9 Å². The van der Waals surface area contributed by atoms with Crippen molar-refractivity contribution in [2.24, 2.45) is 0 Å². The van der Waals surface area contributed by atoms with Gasteiger partial charge in [0.05, 0.1) is 6.10 Å². The van der Waals surface area contributed by atoms with Crippen molar-refractivity contribution in [2.45, 2.75) is 83.1 Å². The van der Waals surface area contributed by atoms with Crippen LogP contribution in [-0.4, -0.2) is 32.3 Å². The third-order valence-corrected chi connectivity index (χ3v) is 9.46. The number of ether oxygens (including phenoxy) is 2. The number of esters is 1. The van der Waals surface area contributed by atoms with Crippen molar-refractivity contribution >= 4 is 14.3 Å². The molecule has 5 heteroatoms. The van der Waals surface area contributed by atoms with Crippen molar-refractivity contribution in [3.8, 4) is 0 Å². The largest absolute Gasteiger partial charge is 0.432 e. The molecule has 120 valence electrons. The molecule has 4 nitrogen and oxygen atoms in total. The van der Waals surface area contributed by atoms with E-state index in [4.69, 9.17) is 13.9 Å². The normalized spacial score (nSPS) is 32.9. The molecule has 0 aromatic rings. The first kappa shape index (κ1) is 16.7. The molecule has 21 heavy (non-hydrogen) atoms. The average molecular weight is 312 g/mol. The second-order valence-corrected chi connectivity index (χ2v) is 12.4. The SMILES string of the molecule is CC(=O)O[C@H]1C=C[C@]2(CCC[C@H]2O[Si](C)(C)C(C)(C)C)O1. The zero-order valence-electron chi connectivity index (χ0n) is 14.1. The Morgan fingerprint density at radius 1 is 1.38 bits per heavy atom. The highest BCUT2D eigenvalue weighted by Gasteiger charge is 2.51. The third kappa shape index (κ3) is 3.41. The number of hydrogen-bond donors (Lipinski definition) is 0. The Morgan fingerprint density at radius 3 is 2.62 bits per heavy atom. The summed E-state index contributed by atoms with van der Waals surface area (Å²) in [5.74, 6) is -0.318. The van der Waals surface area contributed by atoms with E-state index in [0.29, 0.717) is 0 Å². The lowest BCUT2D eigenvalue weighted by Crippen LogP contribution is -2.50. The second-order valence-electron chi connectivity index (χ2n) is 7.67. The lowest BCUT2D eigenvalue weighted by Gasteiger charge is -2.42. The molecule has 0 unspecified atom stereocenters. The van der Waals surface area contributed by atoms with Crippen LogP contribution in [0.15, 0.2) is 12.2 Å². The molecule has 3 atom stereocenters. The van der Waals surface area contributed by atoms with Crippen molar-refractivity contribution < 1.29 is 18.7 Å². The Labute approximate surface area is 129 Å². The molecule has 2 aliphatic rings. The highest BCUT2D eigenvalue weighted by Crippen LogP contribution is 2.46. The van der Waals surface area contributed by atoms with Crippen molar-refractivity contribution in [3.63, 3.8) is 0 Å². The topological polar surface area (TPSA) is 44.8 Å². The zero-order valence-corrected chi connectivity index (χ0v) is 15.1. The van der Waals surface area contributed by atoms with Crippen LogP contribution in [0, 0.1) is 0 Å². The molecular weight excluding hydrogens is 284 g/mol. The molecule has 0 saturated heterocycles. The van der Waals surface area contributed by atoms with Gasteiger partial charge in [-0.3, -0.25) is 4.79 Å². The zero-order chi connectivity index (χ0) is 15.9. The molecule has 0 bridgehead atoms. The van der Waals surface area contributed by atoms with Gasteiger partial charge in [-0.25, -0.2) is 0 Å².